The Bertz CT molecular complexity index is 1580. The maximum absolute atomic E-state index is 13.7. The first-order valence-electron chi connectivity index (χ1n) is 11.6. The van der Waals surface area contributed by atoms with Gasteiger partial charge in [-0.15, -0.1) is 0 Å². The fraction of sp³-hybridized carbons (Fsp3) is 0.250. The molecule has 7 nitrogen and oxygen atoms in total. The molecule has 0 fully saturated rings. The lowest BCUT2D eigenvalue weighted by Crippen LogP contribution is -2.21. The molecule has 0 unspecified atom stereocenters. The van der Waals surface area contributed by atoms with Crippen LogP contribution in [0.4, 0.5) is 0 Å². The molecular weight excluding hydrogens is 558 g/mol. The molecule has 1 aromatic heterocycles. The Morgan fingerprint density at radius 1 is 1.05 bits per heavy atom. The summed E-state index contributed by atoms with van der Waals surface area (Å²) >= 11 is 10.00. The smallest absolute Gasteiger partial charge is 0.282 e. The number of fused-ring (bicyclic) bond motifs is 1. The molecule has 0 aliphatic carbocycles. The maximum Gasteiger partial charge on any atom is 0.282 e. The van der Waals surface area contributed by atoms with E-state index in [1.807, 2.05) is 31.2 Å². The molecule has 0 saturated heterocycles. The number of rotatable bonds is 7. The van der Waals surface area contributed by atoms with Crippen LogP contribution in [-0.4, -0.2) is 37.2 Å². The summed E-state index contributed by atoms with van der Waals surface area (Å²) in [6.45, 7) is 6.14. The van der Waals surface area contributed by atoms with Crippen molar-refractivity contribution < 1.29 is 14.2 Å². The van der Waals surface area contributed by atoms with Crippen LogP contribution in [0.5, 0.6) is 17.2 Å². The largest absolute Gasteiger partial charge is 0.496 e. The fourth-order valence-electron chi connectivity index (χ4n) is 4.13. The summed E-state index contributed by atoms with van der Waals surface area (Å²) in [5.41, 5.74) is 3.60. The second-order valence-corrected chi connectivity index (χ2v) is 9.88. The summed E-state index contributed by atoms with van der Waals surface area (Å²) in [7, 11) is 4.69. The van der Waals surface area contributed by atoms with E-state index in [2.05, 4.69) is 34.9 Å². The third-order valence-electron chi connectivity index (χ3n) is 6.09. The van der Waals surface area contributed by atoms with Crippen LogP contribution in [0.25, 0.3) is 22.3 Å². The Hall–Kier alpha value is -3.36. The molecule has 0 N–H and O–H groups in total. The molecule has 0 atom stereocenters. The number of hydrogen-bond donors (Lipinski definition) is 0. The topological polar surface area (TPSA) is 74.9 Å². The molecule has 0 saturated carbocycles. The number of benzene rings is 3. The third-order valence-corrected chi connectivity index (χ3v) is 7.53. The second kappa shape index (κ2) is 10.9. The van der Waals surface area contributed by atoms with Crippen molar-refractivity contribution in [1.82, 2.24) is 9.66 Å². The Morgan fingerprint density at radius 2 is 1.76 bits per heavy atom. The van der Waals surface area contributed by atoms with Gasteiger partial charge in [0.05, 0.1) is 38.4 Å². The predicted octanol–water partition coefficient (Wildman–Crippen LogP) is 6.82. The number of methoxy groups -OCH3 is 3. The summed E-state index contributed by atoms with van der Waals surface area (Å²) in [5.74, 6) is 2.24. The molecule has 0 spiro atoms. The Labute approximate surface area is 228 Å². The minimum Gasteiger partial charge on any atom is -0.496 e. The molecule has 9 heteroatoms. The van der Waals surface area contributed by atoms with E-state index >= 15 is 0 Å². The zero-order valence-electron chi connectivity index (χ0n) is 21.4. The van der Waals surface area contributed by atoms with Crippen LogP contribution in [0.1, 0.15) is 36.5 Å². The second-order valence-electron chi connectivity index (χ2n) is 8.71. The van der Waals surface area contributed by atoms with Crippen LogP contribution < -0.4 is 19.8 Å². The number of aryl methyl sites for hydroxylation is 1. The maximum atomic E-state index is 13.7. The molecule has 0 bridgehead atoms. The Kier molecular flexibility index (Phi) is 7.90. The lowest BCUT2D eigenvalue weighted by Gasteiger charge is -2.17. The zero-order valence-corrected chi connectivity index (χ0v) is 23.8. The molecule has 0 radical (unpaired) electrons. The number of nitrogens with zero attached hydrogens (tertiary/aromatic N) is 3. The highest BCUT2D eigenvalue weighted by atomic mass is 79.9. The predicted molar refractivity (Wildman–Crippen MR) is 152 cm³/mol. The molecule has 0 aliphatic heterocycles. The van der Waals surface area contributed by atoms with Crippen molar-refractivity contribution in [2.45, 2.75) is 26.7 Å². The number of hydrogen-bond acceptors (Lipinski definition) is 6. The quantitative estimate of drug-likeness (QED) is 0.223. The van der Waals surface area contributed by atoms with Crippen molar-refractivity contribution >= 4 is 44.6 Å². The molecule has 1 heterocycles. The van der Waals surface area contributed by atoms with E-state index in [4.69, 9.17) is 30.8 Å². The van der Waals surface area contributed by atoms with Crippen molar-refractivity contribution in [2.24, 2.45) is 5.10 Å². The van der Waals surface area contributed by atoms with Crippen molar-refractivity contribution in [2.75, 3.05) is 21.3 Å². The number of aromatic nitrogens is 2. The first-order valence-corrected chi connectivity index (χ1v) is 12.7. The van der Waals surface area contributed by atoms with E-state index in [1.165, 1.54) is 18.9 Å². The van der Waals surface area contributed by atoms with Gasteiger partial charge in [-0.2, -0.15) is 9.78 Å². The highest BCUT2D eigenvalue weighted by Crippen LogP contribution is 2.42. The Morgan fingerprint density at radius 3 is 2.41 bits per heavy atom. The monoisotopic (exact) mass is 583 g/mol. The number of ether oxygens (including phenoxy) is 3. The fourth-order valence-corrected chi connectivity index (χ4v) is 4.81. The molecule has 37 heavy (non-hydrogen) atoms. The molecule has 3 aromatic carbocycles. The lowest BCUT2D eigenvalue weighted by atomic mass is 9.96. The molecule has 0 aliphatic rings. The minimum atomic E-state index is -0.291. The van der Waals surface area contributed by atoms with Gasteiger partial charge in [0.25, 0.3) is 5.56 Å². The van der Waals surface area contributed by atoms with E-state index in [0.717, 1.165) is 22.4 Å². The molecule has 4 rings (SSSR count). The summed E-state index contributed by atoms with van der Waals surface area (Å²) in [6, 6.07) is 12.9. The lowest BCUT2D eigenvalue weighted by molar-refractivity contribution is 0.355. The summed E-state index contributed by atoms with van der Waals surface area (Å²) in [4.78, 5) is 18.5. The van der Waals surface area contributed by atoms with Gasteiger partial charge in [0.2, 0.25) is 0 Å². The van der Waals surface area contributed by atoms with E-state index in [9.17, 15) is 4.79 Å². The van der Waals surface area contributed by atoms with Gasteiger partial charge in [-0.3, -0.25) is 4.79 Å². The van der Waals surface area contributed by atoms with Crippen LogP contribution in [0.15, 0.2) is 56.8 Å². The van der Waals surface area contributed by atoms with Gasteiger partial charge in [-0.25, -0.2) is 4.98 Å². The average molecular weight is 585 g/mol. The van der Waals surface area contributed by atoms with Crippen LogP contribution in [-0.2, 0) is 0 Å². The molecule has 192 valence electrons. The first-order chi connectivity index (χ1) is 17.7. The van der Waals surface area contributed by atoms with E-state index < -0.39 is 0 Å². The SMILES string of the molecule is COc1cc(C)c(-c2nc3ccccc3c(=O)n2N=Cc2cc(OC)c(OC)c(Cl)c2Br)cc1C(C)C. The van der Waals surface area contributed by atoms with Crippen molar-refractivity contribution in [1.29, 1.82) is 0 Å². The Balaban J connectivity index is 2.00. The molecule has 0 amide bonds. The molecular formula is C28H27BrClN3O4. The normalized spacial score (nSPS) is 11.5. The molecule has 4 aromatic rings. The van der Waals surface area contributed by atoms with Crippen LogP contribution in [0, 0.1) is 6.92 Å². The van der Waals surface area contributed by atoms with Crippen molar-refractivity contribution in [3.05, 3.63) is 79.0 Å². The van der Waals surface area contributed by atoms with Crippen molar-refractivity contribution in [3.8, 4) is 28.6 Å². The number of halogens is 2. The highest BCUT2D eigenvalue weighted by Gasteiger charge is 2.19. The minimum absolute atomic E-state index is 0.197. The van der Waals surface area contributed by atoms with E-state index in [-0.39, 0.29) is 11.5 Å². The average Bonchev–Trinajstić information content (AvgIpc) is 2.89. The van der Waals surface area contributed by atoms with Gasteiger partial charge in [-0.1, -0.05) is 37.6 Å². The highest BCUT2D eigenvalue weighted by molar-refractivity contribution is 9.10. The van der Waals surface area contributed by atoms with Crippen LogP contribution in [0.3, 0.4) is 0 Å². The summed E-state index contributed by atoms with van der Waals surface area (Å²) < 4.78 is 18.3. The summed E-state index contributed by atoms with van der Waals surface area (Å²) in [5, 5.41) is 5.39. The number of para-hydroxylation sites is 1. The summed E-state index contributed by atoms with van der Waals surface area (Å²) in [6.07, 6.45) is 1.54. The van der Waals surface area contributed by atoms with Crippen LogP contribution >= 0.6 is 27.5 Å². The van der Waals surface area contributed by atoms with Gasteiger partial charge >= 0.3 is 0 Å². The third kappa shape index (κ3) is 4.95. The first kappa shape index (κ1) is 26.7. The van der Waals surface area contributed by atoms with Gasteiger partial charge in [0, 0.05) is 15.6 Å². The van der Waals surface area contributed by atoms with Gasteiger partial charge in [-0.05, 0) is 70.2 Å². The van der Waals surface area contributed by atoms with E-state index in [0.29, 0.717) is 43.3 Å². The van der Waals surface area contributed by atoms with Crippen LogP contribution in [0.2, 0.25) is 5.02 Å². The standard InChI is InChI=1S/C28H27BrClN3O4/c1-15(2)19-13-20(16(3)11-22(19)35-4)27-32-21-10-8-7-9-18(21)28(34)33(27)31-14-17-12-23(36-5)26(37-6)25(30)24(17)29/h7-15H,1-6H3. The van der Waals surface area contributed by atoms with Gasteiger partial charge in [0.15, 0.2) is 17.3 Å². The van der Waals surface area contributed by atoms with Gasteiger partial charge in [0.1, 0.15) is 10.8 Å². The zero-order chi connectivity index (χ0) is 26.9. The van der Waals surface area contributed by atoms with Crippen molar-refractivity contribution in [3.63, 3.8) is 0 Å². The van der Waals surface area contributed by atoms with E-state index in [1.54, 1.807) is 31.5 Å². The van der Waals surface area contributed by atoms with Gasteiger partial charge < -0.3 is 14.2 Å².